The van der Waals surface area contributed by atoms with Gasteiger partial charge in [-0.05, 0) is 51.2 Å². The van der Waals surface area contributed by atoms with E-state index in [1.165, 1.54) is 58.2 Å². The average Bonchev–Trinajstić information content (AvgIpc) is 2.28. The molecule has 1 aliphatic carbocycles. The van der Waals surface area contributed by atoms with Crippen LogP contribution in [-0.2, 0) is 0 Å². The van der Waals surface area contributed by atoms with E-state index >= 15 is 0 Å². The van der Waals surface area contributed by atoms with Crippen LogP contribution in [0.2, 0.25) is 0 Å². The molecule has 3 atom stereocenters. The smallest absolute Gasteiger partial charge is 0.0195 e. The molecule has 0 aromatic heterocycles. The molecule has 94 valence electrons. The van der Waals surface area contributed by atoms with Crippen LogP contribution in [0.15, 0.2) is 0 Å². The van der Waals surface area contributed by atoms with Gasteiger partial charge in [0.25, 0.3) is 0 Å². The zero-order valence-electron chi connectivity index (χ0n) is 11.0. The number of nitrogens with zero attached hydrogens (tertiary/aromatic N) is 1. The molecule has 1 saturated heterocycles. The zero-order chi connectivity index (χ0) is 11.4. The lowest BCUT2D eigenvalue weighted by Crippen LogP contribution is -2.46. The molecule has 2 heteroatoms. The average molecular weight is 224 g/mol. The first-order valence-corrected chi connectivity index (χ1v) is 7.17. The largest absolute Gasteiger partial charge is 0.312 e. The van der Waals surface area contributed by atoms with Crippen LogP contribution in [0.3, 0.4) is 0 Å². The number of hydrogen-bond donors (Lipinski definition) is 1. The van der Waals surface area contributed by atoms with Crippen molar-refractivity contribution in [1.29, 1.82) is 0 Å². The lowest BCUT2D eigenvalue weighted by atomic mass is 9.80. The summed E-state index contributed by atoms with van der Waals surface area (Å²) in [6.07, 6.45) is 8.58. The Morgan fingerprint density at radius 2 is 1.94 bits per heavy atom. The summed E-state index contributed by atoms with van der Waals surface area (Å²) in [7, 11) is 2.25. The Kier molecular flexibility index (Phi) is 4.66. The summed E-state index contributed by atoms with van der Waals surface area (Å²) < 4.78 is 0. The molecule has 16 heavy (non-hydrogen) atoms. The zero-order valence-corrected chi connectivity index (χ0v) is 11.0. The van der Waals surface area contributed by atoms with Crippen LogP contribution in [-0.4, -0.2) is 37.6 Å². The van der Waals surface area contributed by atoms with Gasteiger partial charge in [-0.15, -0.1) is 0 Å². The van der Waals surface area contributed by atoms with E-state index in [0.29, 0.717) is 0 Å². The molecule has 3 unspecified atom stereocenters. The molecule has 2 nitrogen and oxygen atoms in total. The fourth-order valence-electron chi connectivity index (χ4n) is 3.35. The van der Waals surface area contributed by atoms with Gasteiger partial charge in [-0.2, -0.15) is 0 Å². The summed E-state index contributed by atoms with van der Waals surface area (Å²) in [5.74, 6) is 1.89. The highest BCUT2D eigenvalue weighted by molar-refractivity contribution is 4.80. The molecule has 2 fully saturated rings. The van der Waals surface area contributed by atoms with Crippen LogP contribution >= 0.6 is 0 Å². The summed E-state index contributed by atoms with van der Waals surface area (Å²) in [5, 5.41) is 3.81. The normalized spacial score (nSPS) is 37.5. The van der Waals surface area contributed by atoms with Crippen molar-refractivity contribution < 1.29 is 0 Å². The Morgan fingerprint density at radius 3 is 2.69 bits per heavy atom. The third kappa shape index (κ3) is 3.46. The Balaban J connectivity index is 1.69. The molecule has 0 spiro atoms. The first-order chi connectivity index (χ1) is 7.75. The van der Waals surface area contributed by atoms with Gasteiger partial charge in [0.2, 0.25) is 0 Å². The van der Waals surface area contributed by atoms with E-state index in [1.54, 1.807) is 0 Å². The van der Waals surface area contributed by atoms with E-state index in [1.807, 2.05) is 0 Å². The monoisotopic (exact) mass is 224 g/mol. The maximum Gasteiger partial charge on any atom is 0.0195 e. The third-order valence-electron chi connectivity index (χ3n) is 4.58. The number of rotatable bonds is 3. The molecule has 1 heterocycles. The molecular formula is C14H28N2. The van der Waals surface area contributed by atoms with Gasteiger partial charge in [-0.25, -0.2) is 0 Å². The predicted molar refractivity (Wildman–Crippen MR) is 69.6 cm³/mol. The second kappa shape index (κ2) is 6.02. The Bertz CT molecular complexity index is 205. The van der Waals surface area contributed by atoms with Gasteiger partial charge < -0.3 is 10.2 Å². The Morgan fingerprint density at radius 1 is 1.12 bits per heavy atom. The SMILES string of the molecule is CC1CCCCC1CNC1CCCN(C)C1. The van der Waals surface area contributed by atoms with Crippen molar-refractivity contribution >= 4 is 0 Å². The predicted octanol–water partition coefficient (Wildman–Crippen LogP) is 2.50. The molecule has 1 aliphatic heterocycles. The molecule has 2 rings (SSSR count). The standard InChI is InChI=1S/C14H28N2/c1-12-6-3-4-7-13(12)10-15-14-8-5-9-16(2)11-14/h12-15H,3-11H2,1-2H3. The minimum Gasteiger partial charge on any atom is -0.312 e. The first kappa shape index (κ1) is 12.4. The van der Waals surface area contributed by atoms with E-state index in [2.05, 4.69) is 24.2 Å². The number of hydrogen-bond acceptors (Lipinski definition) is 2. The molecule has 2 aliphatic rings. The molecule has 1 saturated carbocycles. The molecular weight excluding hydrogens is 196 g/mol. The van der Waals surface area contributed by atoms with E-state index in [-0.39, 0.29) is 0 Å². The number of likely N-dealkylation sites (tertiary alicyclic amines) is 1. The summed E-state index contributed by atoms with van der Waals surface area (Å²) in [6.45, 7) is 6.25. The minimum atomic E-state index is 0.757. The minimum absolute atomic E-state index is 0.757. The van der Waals surface area contributed by atoms with Crippen LogP contribution in [0.1, 0.15) is 45.4 Å². The van der Waals surface area contributed by atoms with Crippen molar-refractivity contribution in [3.05, 3.63) is 0 Å². The topological polar surface area (TPSA) is 15.3 Å². The van der Waals surface area contributed by atoms with E-state index in [9.17, 15) is 0 Å². The van der Waals surface area contributed by atoms with Gasteiger partial charge in [0.1, 0.15) is 0 Å². The van der Waals surface area contributed by atoms with Crippen molar-refractivity contribution in [3.63, 3.8) is 0 Å². The number of nitrogens with one attached hydrogen (secondary N) is 1. The van der Waals surface area contributed by atoms with Gasteiger partial charge in [-0.3, -0.25) is 0 Å². The van der Waals surface area contributed by atoms with Crippen molar-refractivity contribution in [2.45, 2.75) is 51.5 Å². The van der Waals surface area contributed by atoms with Crippen molar-refractivity contribution in [3.8, 4) is 0 Å². The van der Waals surface area contributed by atoms with Crippen LogP contribution in [0.4, 0.5) is 0 Å². The van der Waals surface area contributed by atoms with E-state index in [4.69, 9.17) is 0 Å². The van der Waals surface area contributed by atoms with Crippen molar-refractivity contribution in [2.75, 3.05) is 26.7 Å². The molecule has 1 N–H and O–H groups in total. The van der Waals surface area contributed by atoms with E-state index < -0.39 is 0 Å². The summed E-state index contributed by atoms with van der Waals surface area (Å²) >= 11 is 0. The molecule has 0 radical (unpaired) electrons. The van der Waals surface area contributed by atoms with Crippen LogP contribution in [0.5, 0.6) is 0 Å². The highest BCUT2D eigenvalue weighted by Crippen LogP contribution is 2.29. The lowest BCUT2D eigenvalue weighted by Gasteiger charge is -2.34. The third-order valence-corrected chi connectivity index (χ3v) is 4.58. The van der Waals surface area contributed by atoms with E-state index in [0.717, 1.165) is 17.9 Å². The van der Waals surface area contributed by atoms with Crippen molar-refractivity contribution in [2.24, 2.45) is 11.8 Å². The molecule has 0 aromatic carbocycles. The summed E-state index contributed by atoms with van der Waals surface area (Å²) in [6, 6.07) is 0.757. The number of likely N-dealkylation sites (N-methyl/N-ethyl adjacent to an activating group) is 1. The van der Waals surface area contributed by atoms with Crippen molar-refractivity contribution in [1.82, 2.24) is 10.2 Å². The number of piperidine rings is 1. The second-order valence-corrected chi connectivity index (χ2v) is 6.03. The van der Waals surface area contributed by atoms with Crippen LogP contribution in [0, 0.1) is 11.8 Å². The fourth-order valence-corrected chi connectivity index (χ4v) is 3.35. The first-order valence-electron chi connectivity index (χ1n) is 7.17. The van der Waals surface area contributed by atoms with Gasteiger partial charge in [-0.1, -0.05) is 26.2 Å². The fraction of sp³-hybridized carbons (Fsp3) is 1.00. The summed E-state index contributed by atoms with van der Waals surface area (Å²) in [5.41, 5.74) is 0. The Hall–Kier alpha value is -0.0800. The maximum absolute atomic E-state index is 3.81. The van der Waals surface area contributed by atoms with Crippen LogP contribution in [0.25, 0.3) is 0 Å². The second-order valence-electron chi connectivity index (χ2n) is 6.03. The maximum atomic E-state index is 3.81. The summed E-state index contributed by atoms with van der Waals surface area (Å²) in [4.78, 5) is 2.46. The Labute approximate surface area is 101 Å². The lowest BCUT2D eigenvalue weighted by molar-refractivity contribution is 0.197. The van der Waals surface area contributed by atoms with Gasteiger partial charge in [0.15, 0.2) is 0 Å². The van der Waals surface area contributed by atoms with Gasteiger partial charge in [0, 0.05) is 12.6 Å². The molecule has 0 amide bonds. The molecule has 0 aromatic rings. The highest BCUT2D eigenvalue weighted by Gasteiger charge is 2.23. The highest BCUT2D eigenvalue weighted by atomic mass is 15.1. The quantitative estimate of drug-likeness (QED) is 0.792. The van der Waals surface area contributed by atoms with Gasteiger partial charge >= 0.3 is 0 Å². The molecule has 0 bridgehead atoms. The van der Waals surface area contributed by atoms with Crippen LogP contribution < -0.4 is 5.32 Å². The van der Waals surface area contributed by atoms with Gasteiger partial charge in [0.05, 0.1) is 0 Å².